The number of pyridine rings is 1. The number of nitrogens with zero attached hydrogens (tertiary/aromatic N) is 1. The molecule has 4 rings (SSSR count). The van der Waals surface area contributed by atoms with Crippen molar-refractivity contribution >= 4 is 0 Å². The highest BCUT2D eigenvalue weighted by Gasteiger charge is 2.25. The maximum Gasteiger partial charge on any atom is 0.213 e. The van der Waals surface area contributed by atoms with E-state index in [1.54, 1.807) is 0 Å². The van der Waals surface area contributed by atoms with Crippen LogP contribution in [0.1, 0.15) is 11.1 Å². The van der Waals surface area contributed by atoms with Gasteiger partial charge in [-0.3, -0.25) is 0 Å². The van der Waals surface area contributed by atoms with Gasteiger partial charge >= 0.3 is 0 Å². The summed E-state index contributed by atoms with van der Waals surface area (Å²) in [6, 6.07) is 21.7. The molecule has 96 valence electrons. The summed E-state index contributed by atoms with van der Waals surface area (Å²) < 4.78 is 2.35. The second-order valence-corrected chi connectivity index (χ2v) is 5.40. The summed E-state index contributed by atoms with van der Waals surface area (Å²) >= 11 is 0. The normalized spacial score (nSPS) is 12.1. The van der Waals surface area contributed by atoms with Gasteiger partial charge in [0.05, 0.1) is 5.56 Å². The minimum Gasteiger partial charge on any atom is -0.193 e. The van der Waals surface area contributed by atoms with Crippen molar-refractivity contribution in [1.29, 1.82) is 0 Å². The predicted molar refractivity (Wildman–Crippen MR) is 81.3 cm³/mol. The van der Waals surface area contributed by atoms with Crippen LogP contribution >= 0.6 is 0 Å². The van der Waals surface area contributed by atoms with E-state index in [0.717, 1.165) is 6.54 Å². The molecule has 0 amide bonds. The number of aryl methyl sites for hydroxylation is 1. The fraction of sp³-hybridized carbons (Fsp3) is 0.105. The van der Waals surface area contributed by atoms with Gasteiger partial charge in [0.2, 0.25) is 5.69 Å². The van der Waals surface area contributed by atoms with Crippen LogP contribution in [0.5, 0.6) is 0 Å². The summed E-state index contributed by atoms with van der Waals surface area (Å²) in [6.07, 6.45) is 2.28. The van der Waals surface area contributed by atoms with E-state index in [4.69, 9.17) is 0 Å². The first kappa shape index (κ1) is 11.4. The zero-order chi connectivity index (χ0) is 13.5. The average Bonchev–Trinajstić information content (AvgIpc) is 2.85. The predicted octanol–water partition coefficient (Wildman–Crippen LogP) is 3.98. The zero-order valence-electron chi connectivity index (χ0n) is 11.5. The van der Waals surface area contributed by atoms with Crippen molar-refractivity contribution in [2.24, 2.45) is 0 Å². The molecule has 2 heterocycles. The number of rotatable bonds is 1. The Morgan fingerprint density at radius 3 is 2.40 bits per heavy atom. The first-order chi connectivity index (χ1) is 9.83. The van der Waals surface area contributed by atoms with Gasteiger partial charge in [-0.25, -0.2) is 0 Å². The lowest BCUT2D eigenvalue weighted by Gasteiger charge is -2.04. The minimum absolute atomic E-state index is 0.977. The van der Waals surface area contributed by atoms with Crippen LogP contribution in [0.4, 0.5) is 0 Å². The van der Waals surface area contributed by atoms with Gasteiger partial charge in [0.25, 0.3) is 0 Å². The summed E-state index contributed by atoms with van der Waals surface area (Å²) in [5.74, 6) is 0. The third kappa shape index (κ3) is 1.67. The van der Waals surface area contributed by atoms with Crippen LogP contribution in [0.2, 0.25) is 0 Å². The maximum absolute atomic E-state index is 2.35. The Hall–Kier alpha value is -2.41. The van der Waals surface area contributed by atoms with Gasteiger partial charge in [-0.2, -0.15) is 4.57 Å². The molecule has 1 nitrogen and oxygen atoms in total. The van der Waals surface area contributed by atoms with E-state index in [-0.39, 0.29) is 0 Å². The second-order valence-electron chi connectivity index (χ2n) is 5.40. The van der Waals surface area contributed by atoms with Crippen LogP contribution in [-0.2, 0) is 6.54 Å². The molecule has 1 aliphatic heterocycles. The molecule has 0 unspecified atom stereocenters. The lowest BCUT2D eigenvalue weighted by atomic mass is 10.0. The molecule has 1 aliphatic rings. The van der Waals surface area contributed by atoms with Crippen molar-refractivity contribution in [1.82, 2.24) is 0 Å². The Balaban J connectivity index is 1.85. The summed E-state index contributed by atoms with van der Waals surface area (Å²) in [4.78, 5) is 0. The Bertz CT molecular complexity index is 802. The van der Waals surface area contributed by atoms with Crippen molar-refractivity contribution in [3.8, 4) is 22.4 Å². The Morgan fingerprint density at radius 1 is 0.800 bits per heavy atom. The summed E-state index contributed by atoms with van der Waals surface area (Å²) in [6.45, 7) is 3.15. The molecule has 3 aromatic rings. The molecule has 1 heteroatoms. The monoisotopic (exact) mass is 258 g/mol. The minimum atomic E-state index is 0.977. The average molecular weight is 258 g/mol. The number of fused-ring (bicyclic) bond motifs is 3. The van der Waals surface area contributed by atoms with Gasteiger partial charge in [0, 0.05) is 17.2 Å². The lowest BCUT2D eigenvalue weighted by Crippen LogP contribution is -2.31. The van der Waals surface area contributed by atoms with Crippen molar-refractivity contribution in [2.45, 2.75) is 13.5 Å². The number of aromatic nitrogens is 1. The van der Waals surface area contributed by atoms with Crippen LogP contribution in [0, 0.1) is 6.92 Å². The largest absolute Gasteiger partial charge is 0.213 e. The molecule has 2 aromatic carbocycles. The molecule has 1 aromatic heterocycles. The summed E-state index contributed by atoms with van der Waals surface area (Å²) in [5.41, 5.74) is 8.03. The molecule has 0 spiro atoms. The van der Waals surface area contributed by atoms with E-state index in [1.165, 1.54) is 33.5 Å². The maximum atomic E-state index is 2.35. The molecule has 0 saturated heterocycles. The molecule has 0 atom stereocenters. The molecule has 0 bridgehead atoms. The van der Waals surface area contributed by atoms with E-state index in [1.807, 2.05) is 0 Å². The van der Waals surface area contributed by atoms with E-state index < -0.39 is 0 Å². The smallest absolute Gasteiger partial charge is 0.193 e. The van der Waals surface area contributed by atoms with Crippen molar-refractivity contribution in [3.05, 3.63) is 78.0 Å². The number of hydrogen-bond donors (Lipinski definition) is 0. The van der Waals surface area contributed by atoms with Gasteiger partial charge in [0.15, 0.2) is 12.7 Å². The Kier molecular flexibility index (Phi) is 2.46. The van der Waals surface area contributed by atoms with Crippen LogP contribution in [-0.4, -0.2) is 0 Å². The number of hydrogen-bond acceptors (Lipinski definition) is 0. The molecule has 0 aliphatic carbocycles. The molecule has 0 N–H and O–H groups in total. The highest BCUT2D eigenvalue weighted by molar-refractivity contribution is 5.69. The summed E-state index contributed by atoms with van der Waals surface area (Å²) in [5, 5.41) is 0. The molecule has 20 heavy (non-hydrogen) atoms. The quantitative estimate of drug-likeness (QED) is 0.455. The Labute approximate surface area is 119 Å². The fourth-order valence-corrected chi connectivity index (χ4v) is 3.07. The van der Waals surface area contributed by atoms with Crippen LogP contribution in [0.25, 0.3) is 22.4 Å². The molecular formula is C19H16N+. The van der Waals surface area contributed by atoms with E-state index in [9.17, 15) is 0 Å². The standard InChI is InChI=1S/C19H16N/c1-14-6-2-4-8-17(14)16-10-11-19-18-9-5-3-7-15(18)12-20(19)13-16/h2-11,13H,12H2,1H3/q+1. The summed E-state index contributed by atoms with van der Waals surface area (Å²) in [7, 11) is 0. The van der Waals surface area contributed by atoms with Crippen LogP contribution < -0.4 is 4.57 Å². The van der Waals surface area contributed by atoms with E-state index in [2.05, 4.69) is 78.4 Å². The number of benzene rings is 2. The highest BCUT2D eigenvalue weighted by Crippen LogP contribution is 2.29. The van der Waals surface area contributed by atoms with Gasteiger partial charge < -0.3 is 0 Å². The van der Waals surface area contributed by atoms with Crippen molar-refractivity contribution < 1.29 is 4.57 Å². The van der Waals surface area contributed by atoms with Crippen molar-refractivity contribution in [3.63, 3.8) is 0 Å². The van der Waals surface area contributed by atoms with E-state index >= 15 is 0 Å². The SMILES string of the molecule is Cc1ccccc1-c1ccc2[n+](c1)Cc1ccccc1-2. The molecule has 0 fully saturated rings. The fourth-order valence-electron chi connectivity index (χ4n) is 3.07. The third-order valence-corrected chi connectivity index (χ3v) is 4.12. The van der Waals surface area contributed by atoms with Crippen molar-refractivity contribution in [2.75, 3.05) is 0 Å². The Morgan fingerprint density at radius 2 is 1.55 bits per heavy atom. The van der Waals surface area contributed by atoms with E-state index in [0.29, 0.717) is 0 Å². The van der Waals surface area contributed by atoms with Gasteiger partial charge in [0.1, 0.15) is 0 Å². The first-order valence-electron chi connectivity index (χ1n) is 7.01. The van der Waals surface area contributed by atoms with Gasteiger partial charge in [-0.1, -0.05) is 42.5 Å². The third-order valence-electron chi connectivity index (χ3n) is 4.12. The lowest BCUT2D eigenvalue weighted by molar-refractivity contribution is -0.671. The van der Waals surface area contributed by atoms with Gasteiger partial charge in [-0.15, -0.1) is 0 Å². The second kappa shape index (κ2) is 4.31. The van der Waals surface area contributed by atoms with Gasteiger partial charge in [-0.05, 0) is 30.2 Å². The topological polar surface area (TPSA) is 3.88 Å². The molecule has 0 saturated carbocycles. The zero-order valence-corrected chi connectivity index (χ0v) is 11.5. The van der Waals surface area contributed by atoms with Crippen LogP contribution in [0.15, 0.2) is 66.9 Å². The molecular weight excluding hydrogens is 242 g/mol. The first-order valence-corrected chi connectivity index (χ1v) is 7.01. The molecule has 0 radical (unpaired) electrons. The highest BCUT2D eigenvalue weighted by atomic mass is 15.0. The van der Waals surface area contributed by atoms with Crippen LogP contribution in [0.3, 0.4) is 0 Å².